The Hall–Kier alpha value is -3.16. The fraction of sp³-hybridized carbons (Fsp3) is 0.400. The number of aromatic nitrogens is 2. The second-order valence-electron chi connectivity index (χ2n) is 6.86. The quantitative estimate of drug-likeness (QED) is 0.776. The van der Waals surface area contributed by atoms with Crippen molar-refractivity contribution >= 4 is 29.2 Å². The SMILES string of the molecule is CCC(=O)C(=O)N1CCC(n2nccc2NC(=O)Nc2ccccc2C)CC1. The highest BCUT2D eigenvalue weighted by Gasteiger charge is 2.28. The van der Waals surface area contributed by atoms with Crippen molar-refractivity contribution < 1.29 is 14.4 Å². The van der Waals surface area contributed by atoms with Crippen molar-refractivity contribution in [3.8, 4) is 0 Å². The van der Waals surface area contributed by atoms with Crippen LogP contribution in [-0.4, -0.2) is 45.5 Å². The molecule has 8 heteroatoms. The number of piperidine rings is 1. The van der Waals surface area contributed by atoms with Gasteiger partial charge in [0.25, 0.3) is 5.91 Å². The number of urea groups is 1. The number of ketones is 1. The zero-order chi connectivity index (χ0) is 20.1. The minimum absolute atomic E-state index is 0.0598. The topological polar surface area (TPSA) is 96.3 Å². The molecule has 1 aromatic carbocycles. The van der Waals surface area contributed by atoms with E-state index in [0.717, 1.165) is 11.3 Å². The smallest absolute Gasteiger partial charge is 0.324 e. The number of rotatable bonds is 5. The summed E-state index contributed by atoms with van der Waals surface area (Å²) in [6.45, 7) is 4.63. The fourth-order valence-electron chi connectivity index (χ4n) is 3.33. The Kier molecular flexibility index (Phi) is 6.08. The van der Waals surface area contributed by atoms with Gasteiger partial charge in [0.2, 0.25) is 5.78 Å². The lowest BCUT2D eigenvalue weighted by Crippen LogP contribution is -2.42. The van der Waals surface area contributed by atoms with Gasteiger partial charge in [-0.3, -0.25) is 14.9 Å². The number of likely N-dealkylation sites (tertiary alicyclic amines) is 1. The van der Waals surface area contributed by atoms with E-state index >= 15 is 0 Å². The van der Waals surface area contributed by atoms with Crippen molar-refractivity contribution in [2.75, 3.05) is 23.7 Å². The van der Waals surface area contributed by atoms with E-state index in [1.807, 2.05) is 31.2 Å². The maximum atomic E-state index is 12.4. The fourth-order valence-corrected chi connectivity index (χ4v) is 3.33. The van der Waals surface area contributed by atoms with E-state index in [0.29, 0.717) is 31.7 Å². The molecule has 1 aliphatic heterocycles. The summed E-state index contributed by atoms with van der Waals surface area (Å²) < 4.78 is 1.78. The van der Waals surface area contributed by atoms with Crippen molar-refractivity contribution in [3.05, 3.63) is 42.1 Å². The Morgan fingerprint density at radius 1 is 1.11 bits per heavy atom. The summed E-state index contributed by atoms with van der Waals surface area (Å²) in [5, 5.41) is 10.0. The number of aryl methyl sites for hydroxylation is 1. The van der Waals surface area contributed by atoms with Crippen molar-refractivity contribution in [3.63, 3.8) is 0 Å². The molecule has 3 amide bonds. The van der Waals surface area contributed by atoms with E-state index in [4.69, 9.17) is 0 Å². The summed E-state index contributed by atoms with van der Waals surface area (Å²) in [5.41, 5.74) is 1.73. The van der Waals surface area contributed by atoms with Gasteiger partial charge < -0.3 is 10.2 Å². The van der Waals surface area contributed by atoms with E-state index in [9.17, 15) is 14.4 Å². The highest BCUT2D eigenvalue weighted by Crippen LogP contribution is 2.26. The zero-order valence-corrected chi connectivity index (χ0v) is 16.1. The predicted octanol–water partition coefficient (Wildman–Crippen LogP) is 2.98. The van der Waals surface area contributed by atoms with Crippen molar-refractivity contribution in [2.24, 2.45) is 0 Å². The van der Waals surface area contributed by atoms with Crippen LogP contribution >= 0.6 is 0 Å². The van der Waals surface area contributed by atoms with E-state index < -0.39 is 5.91 Å². The number of anilines is 2. The lowest BCUT2D eigenvalue weighted by atomic mass is 10.0. The third kappa shape index (κ3) is 4.39. The lowest BCUT2D eigenvalue weighted by Gasteiger charge is -2.32. The maximum Gasteiger partial charge on any atom is 0.324 e. The van der Waals surface area contributed by atoms with Crippen molar-refractivity contribution in [1.82, 2.24) is 14.7 Å². The van der Waals surface area contributed by atoms with E-state index in [1.54, 1.807) is 28.8 Å². The number of benzene rings is 1. The molecule has 3 rings (SSSR count). The molecule has 0 spiro atoms. The molecular formula is C20H25N5O3. The molecule has 1 aromatic heterocycles. The third-order valence-corrected chi connectivity index (χ3v) is 4.96. The van der Waals surface area contributed by atoms with Crippen LogP contribution in [0.1, 0.15) is 37.8 Å². The molecule has 2 N–H and O–H groups in total. The highest BCUT2D eigenvalue weighted by atomic mass is 16.2. The van der Waals surface area contributed by atoms with Gasteiger partial charge in [-0.25, -0.2) is 9.48 Å². The third-order valence-electron chi connectivity index (χ3n) is 4.96. The number of carbonyl (C=O) groups excluding carboxylic acids is 3. The molecule has 1 aliphatic rings. The number of carbonyl (C=O) groups is 3. The van der Waals surface area contributed by atoms with Gasteiger partial charge in [0.05, 0.1) is 12.2 Å². The van der Waals surface area contributed by atoms with Crippen LogP contribution in [0.3, 0.4) is 0 Å². The van der Waals surface area contributed by atoms with Gasteiger partial charge in [0.1, 0.15) is 5.82 Å². The number of para-hydroxylation sites is 1. The van der Waals surface area contributed by atoms with Crippen molar-refractivity contribution in [1.29, 1.82) is 0 Å². The average Bonchev–Trinajstić information content (AvgIpc) is 3.16. The predicted molar refractivity (Wildman–Crippen MR) is 106 cm³/mol. The summed E-state index contributed by atoms with van der Waals surface area (Å²) in [4.78, 5) is 37.6. The Bertz CT molecular complexity index is 868. The zero-order valence-electron chi connectivity index (χ0n) is 16.1. The molecule has 2 heterocycles. The van der Waals surface area contributed by atoms with Gasteiger partial charge in [-0.05, 0) is 31.4 Å². The molecule has 0 radical (unpaired) electrons. The number of amides is 3. The Morgan fingerprint density at radius 3 is 2.50 bits per heavy atom. The highest BCUT2D eigenvalue weighted by molar-refractivity contribution is 6.35. The van der Waals surface area contributed by atoms with Gasteiger partial charge in [-0.2, -0.15) is 5.10 Å². The van der Waals surface area contributed by atoms with Crippen LogP contribution in [0.5, 0.6) is 0 Å². The molecule has 1 saturated heterocycles. The first kappa shape index (κ1) is 19.6. The molecule has 0 unspecified atom stereocenters. The number of nitrogens with one attached hydrogen (secondary N) is 2. The van der Waals surface area contributed by atoms with Crippen LogP contribution in [0, 0.1) is 6.92 Å². The number of hydrogen-bond donors (Lipinski definition) is 2. The van der Waals surface area contributed by atoms with E-state index in [2.05, 4.69) is 15.7 Å². The van der Waals surface area contributed by atoms with Gasteiger partial charge in [0.15, 0.2) is 0 Å². The molecule has 0 aliphatic carbocycles. The van der Waals surface area contributed by atoms with E-state index in [-0.39, 0.29) is 24.3 Å². The number of hydrogen-bond acceptors (Lipinski definition) is 4. The molecule has 2 aromatic rings. The van der Waals surface area contributed by atoms with Crippen LogP contribution in [0.25, 0.3) is 0 Å². The number of nitrogens with zero attached hydrogens (tertiary/aromatic N) is 3. The molecular weight excluding hydrogens is 358 g/mol. The molecule has 1 fully saturated rings. The normalized spacial score (nSPS) is 14.6. The second-order valence-corrected chi connectivity index (χ2v) is 6.86. The molecule has 0 bridgehead atoms. The first-order valence-electron chi connectivity index (χ1n) is 9.48. The van der Waals surface area contributed by atoms with Crippen LogP contribution < -0.4 is 10.6 Å². The Labute approximate surface area is 163 Å². The minimum Gasteiger partial charge on any atom is -0.336 e. The molecule has 0 saturated carbocycles. The first-order chi connectivity index (χ1) is 13.5. The molecule has 0 atom stereocenters. The molecule has 8 nitrogen and oxygen atoms in total. The van der Waals surface area contributed by atoms with Crippen LogP contribution in [-0.2, 0) is 9.59 Å². The monoisotopic (exact) mass is 383 g/mol. The standard InChI is InChI=1S/C20H25N5O3/c1-3-17(26)19(27)24-12-9-15(10-13-24)25-18(8-11-21-25)23-20(28)22-16-7-5-4-6-14(16)2/h4-8,11,15H,3,9-10,12-13H2,1-2H3,(H2,22,23,28). The maximum absolute atomic E-state index is 12.4. The Morgan fingerprint density at radius 2 is 1.82 bits per heavy atom. The average molecular weight is 383 g/mol. The van der Waals surface area contributed by atoms with Crippen LogP contribution in [0.2, 0.25) is 0 Å². The first-order valence-corrected chi connectivity index (χ1v) is 9.48. The summed E-state index contributed by atoms with van der Waals surface area (Å²) in [7, 11) is 0. The lowest BCUT2D eigenvalue weighted by molar-refractivity contribution is -0.145. The van der Waals surface area contributed by atoms with Crippen LogP contribution in [0.15, 0.2) is 36.5 Å². The summed E-state index contributed by atoms with van der Waals surface area (Å²) in [5.74, 6) is -0.161. The van der Waals surface area contributed by atoms with Crippen molar-refractivity contribution in [2.45, 2.75) is 39.2 Å². The summed E-state index contributed by atoms with van der Waals surface area (Å²) in [6, 6.07) is 9.02. The van der Waals surface area contributed by atoms with E-state index in [1.165, 1.54) is 0 Å². The summed E-state index contributed by atoms with van der Waals surface area (Å²) in [6.07, 6.45) is 3.22. The van der Waals surface area contributed by atoms with Gasteiger partial charge in [-0.15, -0.1) is 0 Å². The Balaban J connectivity index is 1.60. The van der Waals surface area contributed by atoms with Gasteiger partial charge in [0, 0.05) is 31.3 Å². The molecule has 148 valence electrons. The minimum atomic E-state index is -0.405. The number of Topliss-reactive ketones (excluding diaryl/α,β-unsaturated/α-hetero) is 1. The summed E-state index contributed by atoms with van der Waals surface area (Å²) >= 11 is 0. The van der Waals surface area contributed by atoms with Crippen LogP contribution in [0.4, 0.5) is 16.3 Å². The largest absolute Gasteiger partial charge is 0.336 e. The second kappa shape index (κ2) is 8.69. The van der Waals surface area contributed by atoms with Gasteiger partial charge in [-0.1, -0.05) is 25.1 Å². The van der Waals surface area contributed by atoms with Gasteiger partial charge >= 0.3 is 6.03 Å². The molecule has 28 heavy (non-hydrogen) atoms.